The van der Waals surface area contributed by atoms with Crippen LogP contribution in [0.4, 0.5) is 5.13 Å². The molecule has 2 heterocycles. The lowest BCUT2D eigenvalue weighted by molar-refractivity contribution is -0.111. The second kappa shape index (κ2) is 8.45. The van der Waals surface area contributed by atoms with Gasteiger partial charge in [0.25, 0.3) is 0 Å². The molecule has 3 aromatic rings. The fourth-order valence-corrected chi connectivity index (χ4v) is 3.52. The predicted molar refractivity (Wildman–Crippen MR) is 109 cm³/mol. The summed E-state index contributed by atoms with van der Waals surface area (Å²) >= 11 is 7.63. The Morgan fingerprint density at radius 3 is 2.78 bits per heavy atom. The Balaban J connectivity index is 1.73. The number of aromatic nitrogens is 4. The summed E-state index contributed by atoms with van der Waals surface area (Å²) < 4.78 is 1.90. The third kappa shape index (κ3) is 4.61. The van der Waals surface area contributed by atoms with Gasteiger partial charge in [-0.25, -0.2) is 0 Å². The lowest BCUT2D eigenvalue weighted by atomic mass is 10.1. The number of hydrogen-bond acceptors (Lipinski definition) is 5. The summed E-state index contributed by atoms with van der Waals surface area (Å²) in [6, 6.07) is 7.70. The van der Waals surface area contributed by atoms with Crippen molar-refractivity contribution in [2.75, 3.05) is 5.32 Å². The fourth-order valence-electron chi connectivity index (χ4n) is 2.65. The molecule has 8 heteroatoms. The van der Waals surface area contributed by atoms with Gasteiger partial charge in [0.2, 0.25) is 11.0 Å². The maximum Gasteiger partial charge on any atom is 0.250 e. The van der Waals surface area contributed by atoms with Crippen molar-refractivity contribution in [3.8, 4) is 0 Å². The van der Waals surface area contributed by atoms with Crippen molar-refractivity contribution in [3.63, 3.8) is 0 Å². The smallest absolute Gasteiger partial charge is 0.250 e. The van der Waals surface area contributed by atoms with Crippen LogP contribution in [0.5, 0.6) is 0 Å². The van der Waals surface area contributed by atoms with Gasteiger partial charge in [-0.05, 0) is 38.0 Å². The largest absolute Gasteiger partial charge is 0.297 e. The molecule has 1 N–H and O–H groups in total. The van der Waals surface area contributed by atoms with Crippen LogP contribution < -0.4 is 5.32 Å². The van der Waals surface area contributed by atoms with E-state index in [4.69, 9.17) is 11.6 Å². The van der Waals surface area contributed by atoms with Crippen molar-refractivity contribution in [1.82, 2.24) is 20.0 Å². The number of anilines is 1. The third-order valence-corrected chi connectivity index (χ3v) is 5.47. The molecule has 27 heavy (non-hydrogen) atoms. The Hall–Kier alpha value is -2.51. The van der Waals surface area contributed by atoms with E-state index in [1.54, 1.807) is 6.08 Å². The van der Waals surface area contributed by atoms with Gasteiger partial charge in [-0.3, -0.25) is 14.8 Å². The Morgan fingerprint density at radius 2 is 2.07 bits per heavy atom. The number of nitrogens with zero attached hydrogens (tertiary/aromatic N) is 4. The summed E-state index contributed by atoms with van der Waals surface area (Å²) in [5.41, 5.74) is 3.75. The van der Waals surface area contributed by atoms with Crippen LogP contribution in [0.25, 0.3) is 6.08 Å². The summed E-state index contributed by atoms with van der Waals surface area (Å²) in [7, 11) is 0. The van der Waals surface area contributed by atoms with Gasteiger partial charge in [0, 0.05) is 22.4 Å². The van der Waals surface area contributed by atoms with E-state index in [1.807, 2.05) is 49.7 Å². The molecular formula is C19H20ClN5OS. The van der Waals surface area contributed by atoms with Gasteiger partial charge in [0.05, 0.1) is 12.2 Å². The van der Waals surface area contributed by atoms with Gasteiger partial charge in [-0.15, -0.1) is 10.2 Å². The lowest BCUT2D eigenvalue weighted by Gasteiger charge is -2.06. The molecule has 2 aromatic heterocycles. The normalized spacial score (nSPS) is 11.3. The van der Waals surface area contributed by atoms with Crippen LogP contribution in [0.2, 0.25) is 5.02 Å². The molecule has 0 saturated heterocycles. The number of halogens is 1. The highest BCUT2D eigenvalue weighted by atomic mass is 35.5. The number of hydrogen-bond donors (Lipinski definition) is 1. The number of carbonyl (C=O) groups excluding carboxylic acids is 1. The maximum atomic E-state index is 12.1. The van der Waals surface area contributed by atoms with Gasteiger partial charge >= 0.3 is 0 Å². The van der Waals surface area contributed by atoms with Crippen molar-refractivity contribution in [3.05, 3.63) is 62.9 Å². The Bertz CT molecular complexity index is 992. The SMILES string of the molecule is CCc1nnc(NC(=O)/C=C/c2c(C)nn(Cc3ccccc3Cl)c2C)s1. The molecule has 0 atom stereocenters. The van der Waals surface area contributed by atoms with E-state index in [-0.39, 0.29) is 5.91 Å². The summed E-state index contributed by atoms with van der Waals surface area (Å²) in [6.45, 7) is 6.48. The number of rotatable bonds is 6. The number of aryl methyl sites for hydroxylation is 2. The van der Waals surface area contributed by atoms with Gasteiger partial charge in [0.1, 0.15) is 5.01 Å². The molecule has 140 valence electrons. The first-order valence-corrected chi connectivity index (χ1v) is 9.76. The standard InChI is InChI=1S/C19H20ClN5OS/c1-4-18-22-23-19(27-18)21-17(26)10-9-15-12(2)24-25(13(15)3)11-14-7-5-6-8-16(14)20/h5-10H,4,11H2,1-3H3,(H,21,23,26)/b10-9+. The molecule has 0 spiro atoms. The third-order valence-electron chi connectivity index (χ3n) is 4.12. The average molecular weight is 402 g/mol. The lowest BCUT2D eigenvalue weighted by Crippen LogP contribution is -2.07. The topological polar surface area (TPSA) is 72.7 Å². The average Bonchev–Trinajstić information content (AvgIpc) is 3.20. The van der Waals surface area contributed by atoms with E-state index < -0.39 is 0 Å². The van der Waals surface area contributed by atoms with Crippen molar-refractivity contribution >= 4 is 40.1 Å². The Morgan fingerprint density at radius 1 is 1.30 bits per heavy atom. The monoisotopic (exact) mass is 401 g/mol. The molecule has 1 aromatic carbocycles. The molecule has 0 radical (unpaired) electrons. The minimum Gasteiger partial charge on any atom is -0.297 e. The first-order chi connectivity index (χ1) is 13.0. The Labute approximate surface area is 166 Å². The summed E-state index contributed by atoms with van der Waals surface area (Å²) in [5.74, 6) is -0.244. The highest BCUT2D eigenvalue weighted by Crippen LogP contribution is 2.20. The van der Waals surface area contributed by atoms with Crippen LogP contribution in [0, 0.1) is 13.8 Å². The van der Waals surface area contributed by atoms with E-state index in [1.165, 1.54) is 17.4 Å². The number of carbonyl (C=O) groups is 1. The highest BCUT2D eigenvalue weighted by Gasteiger charge is 2.11. The van der Waals surface area contributed by atoms with Crippen molar-refractivity contribution in [2.45, 2.75) is 33.7 Å². The molecule has 0 unspecified atom stereocenters. The number of nitrogens with one attached hydrogen (secondary N) is 1. The number of benzene rings is 1. The zero-order valence-electron chi connectivity index (χ0n) is 15.4. The molecule has 0 aliphatic carbocycles. The van der Waals surface area contributed by atoms with E-state index in [2.05, 4.69) is 20.6 Å². The van der Waals surface area contributed by atoms with Crippen LogP contribution in [-0.2, 0) is 17.8 Å². The van der Waals surface area contributed by atoms with Crippen LogP contribution in [0.1, 0.15) is 34.4 Å². The zero-order chi connectivity index (χ0) is 19.4. The highest BCUT2D eigenvalue weighted by molar-refractivity contribution is 7.15. The predicted octanol–water partition coefficient (Wildman–Crippen LogP) is 4.27. The summed E-state index contributed by atoms with van der Waals surface area (Å²) in [4.78, 5) is 12.1. The van der Waals surface area contributed by atoms with Crippen molar-refractivity contribution in [1.29, 1.82) is 0 Å². The van der Waals surface area contributed by atoms with Crippen molar-refractivity contribution in [2.24, 2.45) is 0 Å². The quantitative estimate of drug-likeness (QED) is 0.626. The molecule has 6 nitrogen and oxygen atoms in total. The molecule has 0 saturated carbocycles. The molecule has 0 bridgehead atoms. The molecule has 3 rings (SSSR count). The first kappa shape index (κ1) is 19.3. The summed E-state index contributed by atoms with van der Waals surface area (Å²) in [5, 5.41) is 17.4. The molecule has 0 fully saturated rings. The zero-order valence-corrected chi connectivity index (χ0v) is 16.9. The van der Waals surface area contributed by atoms with E-state index in [9.17, 15) is 4.79 Å². The van der Waals surface area contributed by atoms with Crippen LogP contribution >= 0.6 is 22.9 Å². The minimum atomic E-state index is -0.244. The molecule has 0 aliphatic rings. The Kier molecular flexibility index (Phi) is 6.03. The minimum absolute atomic E-state index is 0.244. The second-order valence-electron chi connectivity index (χ2n) is 6.01. The van der Waals surface area contributed by atoms with Gasteiger partial charge in [0.15, 0.2) is 0 Å². The van der Waals surface area contributed by atoms with Gasteiger partial charge in [-0.2, -0.15) is 5.10 Å². The van der Waals surface area contributed by atoms with E-state index in [0.717, 1.165) is 33.9 Å². The van der Waals surface area contributed by atoms with Crippen LogP contribution in [0.15, 0.2) is 30.3 Å². The summed E-state index contributed by atoms with van der Waals surface area (Å²) in [6.07, 6.45) is 4.06. The number of amides is 1. The van der Waals surface area contributed by atoms with Crippen LogP contribution in [-0.4, -0.2) is 25.9 Å². The van der Waals surface area contributed by atoms with Crippen molar-refractivity contribution < 1.29 is 4.79 Å². The second-order valence-corrected chi connectivity index (χ2v) is 7.48. The molecular weight excluding hydrogens is 382 g/mol. The molecule has 0 aliphatic heterocycles. The van der Waals surface area contributed by atoms with Gasteiger partial charge < -0.3 is 0 Å². The molecule has 1 amide bonds. The van der Waals surface area contributed by atoms with Gasteiger partial charge in [-0.1, -0.05) is 48.1 Å². The van der Waals surface area contributed by atoms with E-state index >= 15 is 0 Å². The fraction of sp³-hybridized carbons (Fsp3) is 0.263. The maximum absolute atomic E-state index is 12.1. The van der Waals surface area contributed by atoms with E-state index in [0.29, 0.717) is 16.7 Å². The first-order valence-electron chi connectivity index (χ1n) is 8.56. The van der Waals surface area contributed by atoms with Crippen LogP contribution in [0.3, 0.4) is 0 Å².